The van der Waals surface area contributed by atoms with Crippen LogP contribution < -0.4 is 20.7 Å². The second kappa shape index (κ2) is 6.95. The van der Waals surface area contributed by atoms with E-state index in [1.165, 1.54) is 17.8 Å². The monoisotopic (exact) mass is 385 g/mol. The van der Waals surface area contributed by atoms with Crippen LogP contribution in [0.3, 0.4) is 0 Å². The number of hydrogen-bond acceptors (Lipinski definition) is 7. The Hall–Kier alpha value is -3.43. The molecule has 0 bridgehead atoms. The summed E-state index contributed by atoms with van der Waals surface area (Å²) in [6, 6.07) is 3.20. The molecule has 3 aromatic heterocycles. The van der Waals surface area contributed by atoms with Crippen molar-refractivity contribution in [1.29, 1.82) is 0 Å². The highest BCUT2D eigenvalue weighted by molar-refractivity contribution is 6.00. The number of halogens is 1. The number of hydrogen-bond donors (Lipinski definition) is 3. The second-order valence-electron chi connectivity index (χ2n) is 6.60. The fraction of sp³-hybridized carbons (Fsp3) is 0.333. The van der Waals surface area contributed by atoms with Gasteiger partial charge >= 0.3 is 0 Å². The molecule has 0 saturated heterocycles. The molecule has 9 nitrogen and oxygen atoms in total. The van der Waals surface area contributed by atoms with E-state index in [-0.39, 0.29) is 5.56 Å². The molecule has 3 heterocycles. The number of nitrogens with zero attached hydrogens (tertiary/aromatic N) is 4. The SMILES string of the molecule is CNc1cc(Nc2cc(C)cnc2OC)nc2c(C(=O)N[C@H]3C[C@H]3F)cnn12. The second-order valence-corrected chi connectivity index (χ2v) is 6.60. The lowest BCUT2D eigenvalue weighted by Crippen LogP contribution is -2.27. The van der Waals surface area contributed by atoms with Crippen molar-refractivity contribution in [2.24, 2.45) is 0 Å². The minimum absolute atomic E-state index is 0.272. The van der Waals surface area contributed by atoms with Crippen molar-refractivity contribution in [2.75, 3.05) is 24.8 Å². The molecule has 4 rings (SSSR count). The van der Waals surface area contributed by atoms with Crippen molar-refractivity contribution in [2.45, 2.75) is 25.6 Å². The zero-order valence-electron chi connectivity index (χ0n) is 15.7. The number of methoxy groups -OCH3 is 1. The maximum atomic E-state index is 13.1. The molecule has 0 radical (unpaired) electrons. The minimum atomic E-state index is -0.981. The number of carbonyl (C=O) groups excluding carboxylic acids is 1. The first-order valence-electron chi connectivity index (χ1n) is 8.79. The molecule has 3 aromatic rings. The van der Waals surface area contributed by atoms with Gasteiger partial charge in [0.1, 0.15) is 29.1 Å². The Morgan fingerprint density at radius 2 is 2.14 bits per heavy atom. The van der Waals surface area contributed by atoms with Gasteiger partial charge in [-0.1, -0.05) is 0 Å². The zero-order chi connectivity index (χ0) is 19.8. The lowest BCUT2D eigenvalue weighted by atomic mass is 10.3. The predicted octanol–water partition coefficient (Wildman–Crippen LogP) is 2.07. The summed E-state index contributed by atoms with van der Waals surface area (Å²) in [5.41, 5.74) is 2.22. The highest BCUT2D eigenvalue weighted by Crippen LogP contribution is 2.28. The Morgan fingerprint density at radius 1 is 1.36 bits per heavy atom. The zero-order valence-corrected chi connectivity index (χ0v) is 15.7. The van der Waals surface area contributed by atoms with Crippen LogP contribution in [0.4, 0.5) is 21.7 Å². The number of carbonyl (C=O) groups is 1. The Morgan fingerprint density at radius 3 is 2.82 bits per heavy atom. The maximum absolute atomic E-state index is 13.1. The number of alkyl halides is 1. The standard InChI is InChI=1S/C18H20FN7O2/c1-9-4-13(18(28-3)21-7-9)23-14-6-15(20-2)26-16(25-14)10(8-22-26)17(27)24-12-5-11(12)19/h4,6-8,11-12,20H,5H2,1-3H3,(H,23,25)(H,24,27)/t11-,12+/m1/s1. The average Bonchev–Trinajstić information content (AvgIpc) is 3.19. The highest BCUT2D eigenvalue weighted by atomic mass is 19.1. The lowest BCUT2D eigenvalue weighted by Gasteiger charge is -2.12. The molecule has 28 heavy (non-hydrogen) atoms. The number of aromatic nitrogens is 4. The minimum Gasteiger partial charge on any atom is -0.480 e. The first-order chi connectivity index (χ1) is 13.5. The molecule has 1 fully saturated rings. The Kier molecular flexibility index (Phi) is 4.46. The van der Waals surface area contributed by atoms with Gasteiger partial charge in [0.2, 0.25) is 5.88 Å². The van der Waals surface area contributed by atoms with Gasteiger partial charge in [-0.05, 0) is 18.6 Å². The third-order valence-corrected chi connectivity index (χ3v) is 4.45. The predicted molar refractivity (Wildman–Crippen MR) is 102 cm³/mol. The fourth-order valence-electron chi connectivity index (χ4n) is 2.87. The summed E-state index contributed by atoms with van der Waals surface area (Å²) in [5, 5.41) is 13.1. The number of fused-ring (bicyclic) bond motifs is 1. The van der Waals surface area contributed by atoms with Crippen LogP contribution in [0.2, 0.25) is 0 Å². The Labute approximate surface area is 160 Å². The van der Waals surface area contributed by atoms with Crippen molar-refractivity contribution >= 4 is 28.9 Å². The smallest absolute Gasteiger partial charge is 0.257 e. The van der Waals surface area contributed by atoms with Crippen molar-refractivity contribution in [3.8, 4) is 5.88 Å². The Bertz CT molecular complexity index is 1050. The Balaban J connectivity index is 1.72. The van der Waals surface area contributed by atoms with Gasteiger partial charge in [-0.2, -0.15) is 9.61 Å². The summed E-state index contributed by atoms with van der Waals surface area (Å²) in [6.45, 7) is 1.92. The van der Waals surface area contributed by atoms with Crippen LogP contribution in [0.15, 0.2) is 24.5 Å². The summed E-state index contributed by atoms with van der Waals surface area (Å²) in [4.78, 5) is 21.2. The summed E-state index contributed by atoms with van der Waals surface area (Å²) < 4.78 is 19.9. The molecule has 3 N–H and O–H groups in total. The van der Waals surface area contributed by atoms with Crippen molar-refractivity contribution in [1.82, 2.24) is 24.9 Å². The lowest BCUT2D eigenvalue weighted by molar-refractivity contribution is 0.0949. The van der Waals surface area contributed by atoms with E-state index in [1.54, 1.807) is 19.3 Å². The molecule has 1 amide bonds. The summed E-state index contributed by atoms with van der Waals surface area (Å²) in [7, 11) is 3.28. The molecule has 0 aromatic carbocycles. The normalized spacial score (nSPS) is 18.0. The van der Waals surface area contributed by atoms with E-state index in [9.17, 15) is 9.18 Å². The van der Waals surface area contributed by atoms with E-state index in [2.05, 4.69) is 31.0 Å². The van der Waals surface area contributed by atoms with Crippen LogP contribution in [0.5, 0.6) is 5.88 Å². The van der Waals surface area contributed by atoms with Crippen molar-refractivity contribution in [3.63, 3.8) is 0 Å². The molecule has 1 aliphatic carbocycles. The summed E-state index contributed by atoms with van der Waals surface area (Å²) in [6.07, 6.45) is 2.49. The largest absolute Gasteiger partial charge is 0.480 e. The topological polar surface area (TPSA) is 105 Å². The molecular weight excluding hydrogens is 365 g/mol. The molecule has 1 saturated carbocycles. The highest BCUT2D eigenvalue weighted by Gasteiger charge is 2.39. The van der Waals surface area contributed by atoms with Gasteiger partial charge in [0.05, 0.1) is 19.3 Å². The summed E-state index contributed by atoms with van der Waals surface area (Å²) in [5.74, 6) is 1.13. The van der Waals surface area contributed by atoms with E-state index in [1.807, 2.05) is 13.0 Å². The first-order valence-corrected chi connectivity index (χ1v) is 8.79. The van der Waals surface area contributed by atoms with Gasteiger partial charge in [0, 0.05) is 25.7 Å². The molecular formula is C18H20FN7O2. The number of aryl methyl sites for hydroxylation is 1. The third kappa shape index (κ3) is 3.28. The number of ether oxygens (including phenoxy) is 1. The number of nitrogens with one attached hydrogen (secondary N) is 3. The summed E-state index contributed by atoms with van der Waals surface area (Å²) >= 11 is 0. The number of pyridine rings is 1. The first kappa shape index (κ1) is 18.0. The van der Waals surface area contributed by atoms with E-state index >= 15 is 0 Å². The fourth-order valence-corrected chi connectivity index (χ4v) is 2.87. The number of amides is 1. The van der Waals surface area contributed by atoms with Gasteiger partial charge in [-0.3, -0.25) is 4.79 Å². The van der Waals surface area contributed by atoms with E-state index in [0.717, 1.165) is 5.56 Å². The van der Waals surface area contributed by atoms with Gasteiger partial charge in [-0.25, -0.2) is 14.4 Å². The number of anilines is 3. The molecule has 1 aliphatic rings. The average molecular weight is 385 g/mol. The van der Waals surface area contributed by atoms with Crippen molar-refractivity contribution in [3.05, 3.63) is 35.7 Å². The van der Waals surface area contributed by atoms with Gasteiger partial charge < -0.3 is 20.7 Å². The quantitative estimate of drug-likeness (QED) is 0.596. The van der Waals surface area contributed by atoms with Crippen LogP contribution in [0.1, 0.15) is 22.3 Å². The molecule has 0 spiro atoms. The van der Waals surface area contributed by atoms with Gasteiger partial charge in [0.25, 0.3) is 5.91 Å². The number of rotatable bonds is 6. The van der Waals surface area contributed by atoms with Crippen LogP contribution in [0, 0.1) is 6.92 Å². The molecule has 2 atom stereocenters. The van der Waals surface area contributed by atoms with Crippen LogP contribution in [-0.2, 0) is 0 Å². The molecule has 146 valence electrons. The third-order valence-electron chi connectivity index (χ3n) is 4.45. The molecule has 0 aliphatic heterocycles. The van der Waals surface area contributed by atoms with E-state index in [0.29, 0.717) is 35.3 Å². The maximum Gasteiger partial charge on any atom is 0.257 e. The van der Waals surface area contributed by atoms with Crippen molar-refractivity contribution < 1.29 is 13.9 Å². The van der Waals surface area contributed by atoms with Crippen LogP contribution in [-0.4, -0.2) is 51.9 Å². The van der Waals surface area contributed by atoms with E-state index in [4.69, 9.17) is 4.74 Å². The van der Waals surface area contributed by atoms with E-state index < -0.39 is 18.1 Å². The molecule has 0 unspecified atom stereocenters. The van der Waals surface area contributed by atoms with Gasteiger partial charge in [0.15, 0.2) is 5.65 Å². The van der Waals surface area contributed by atoms with Gasteiger partial charge in [-0.15, -0.1) is 0 Å². The van der Waals surface area contributed by atoms with Crippen LogP contribution >= 0.6 is 0 Å². The van der Waals surface area contributed by atoms with Crippen LogP contribution in [0.25, 0.3) is 5.65 Å². The molecule has 10 heteroatoms.